The number of hydrogen-bond donors (Lipinski definition) is 1. The number of thioether (sulfide) groups is 1. The lowest BCUT2D eigenvalue weighted by Crippen LogP contribution is -2.27. The first-order valence-electron chi connectivity index (χ1n) is 7.18. The van der Waals surface area contributed by atoms with E-state index in [1.165, 1.54) is 11.8 Å². The number of pyridine rings is 1. The second-order valence-electron chi connectivity index (χ2n) is 5.01. The van der Waals surface area contributed by atoms with E-state index in [4.69, 9.17) is 4.74 Å². The monoisotopic (exact) mass is 330 g/mol. The number of benzene rings is 1. The molecule has 1 unspecified atom stereocenters. The summed E-state index contributed by atoms with van der Waals surface area (Å²) in [6.45, 7) is 0.433. The standard InChI is InChI=1S/C16H15N3O3S/c1-22-12-2-3-13-14(10-12)23-15(19(13)21)6-9-18-16(20)11-4-7-17-8-5-11/h2-5,7-8,10,15H,6,9H2,1H3/p+1. The molecule has 7 heteroatoms. The first-order chi connectivity index (χ1) is 11.2. The summed E-state index contributed by atoms with van der Waals surface area (Å²) in [5.74, 6) is 0.573. The third-order valence-electron chi connectivity index (χ3n) is 3.55. The number of carbonyl (C=O) groups is 1. The first kappa shape index (κ1) is 15.5. The van der Waals surface area contributed by atoms with Gasteiger partial charge in [-0.15, -0.1) is 0 Å². The molecule has 0 spiro atoms. The van der Waals surface area contributed by atoms with Crippen LogP contribution in [-0.4, -0.2) is 34.7 Å². The van der Waals surface area contributed by atoms with Crippen LogP contribution in [0.5, 0.6) is 5.75 Å². The third kappa shape index (κ3) is 3.34. The number of hydrogen-bond acceptors (Lipinski definition) is 5. The lowest BCUT2D eigenvalue weighted by atomic mass is 10.2. The molecule has 0 aliphatic carbocycles. The number of fused-ring (bicyclic) bond motifs is 1. The van der Waals surface area contributed by atoms with Gasteiger partial charge in [-0.3, -0.25) is 9.78 Å². The Balaban J connectivity index is 1.56. The van der Waals surface area contributed by atoms with Gasteiger partial charge in [-0.05, 0) is 30.0 Å². The highest BCUT2D eigenvalue weighted by Crippen LogP contribution is 2.44. The molecular formula is C16H16N3O3S+. The maximum atomic E-state index is 12.3. The van der Waals surface area contributed by atoms with Gasteiger partial charge < -0.3 is 10.1 Å². The lowest BCUT2D eigenvalue weighted by Gasteiger charge is -2.05. The maximum absolute atomic E-state index is 12.3. The predicted octanol–water partition coefficient (Wildman–Crippen LogP) is 2.75. The summed E-state index contributed by atoms with van der Waals surface area (Å²) < 4.78 is 6.17. The Morgan fingerprint density at radius 1 is 1.35 bits per heavy atom. The Bertz CT molecular complexity index is 737. The summed E-state index contributed by atoms with van der Waals surface area (Å²) >= 11 is 1.49. The van der Waals surface area contributed by atoms with Crippen molar-refractivity contribution in [2.45, 2.75) is 16.7 Å². The van der Waals surface area contributed by atoms with Crippen LogP contribution in [0.25, 0.3) is 0 Å². The maximum Gasteiger partial charge on any atom is 0.271 e. The number of methoxy groups -OCH3 is 1. The highest BCUT2D eigenvalue weighted by molar-refractivity contribution is 8.00. The average Bonchev–Trinajstić information content (AvgIpc) is 2.91. The Morgan fingerprint density at radius 3 is 2.87 bits per heavy atom. The summed E-state index contributed by atoms with van der Waals surface area (Å²) in [5, 5.41) is 2.58. The van der Waals surface area contributed by atoms with E-state index in [0.29, 0.717) is 24.2 Å². The molecule has 1 aromatic heterocycles. The number of ether oxygens (including phenoxy) is 1. The van der Waals surface area contributed by atoms with Gasteiger partial charge in [-0.1, -0.05) is 0 Å². The van der Waals surface area contributed by atoms with Gasteiger partial charge in [-0.2, -0.15) is 0 Å². The molecule has 1 amide bonds. The minimum Gasteiger partial charge on any atom is -0.497 e. The minimum atomic E-state index is -0.241. The van der Waals surface area contributed by atoms with Gasteiger partial charge in [0, 0.05) is 48.0 Å². The van der Waals surface area contributed by atoms with Crippen molar-refractivity contribution in [3.05, 3.63) is 53.2 Å². The van der Waals surface area contributed by atoms with Crippen LogP contribution < -0.4 is 10.1 Å². The number of rotatable bonds is 5. The van der Waals surface area contributed by atoms with Crippen molar-refractivity contribution < 1.29 is 14.3 Å². The zero-order valence-electron chi connectivity index (χ0n) is 12.6. The fourth-order valence-electron chi connectivity index (χ4n) is 2.34. The van der Waals surface area contributed by atoms with E-state index >= 15 is 0 Å². The Labute approximate surface area is 137 Å². The molecule has 1 atom stereocenters. The highest BCUT2D eigenvalue weighted by Gasteiger charge is 2.39. The number of aromatic nitrogens is 1. The fourth-order valence-corrected chi connectivity index (χ4v) is 3.54. The van der Waals surface area contributed by atoms with E-state index in [1.54, 1.807) is 43.8 Å². The number of nitroso groups, excluding NO2 is 1. The zero-order chi connectivity index (χ0) is 16.2. The first-order valence-corrected chi connectivity index (χ1v) is 8.06. The van der Waals surface area contributed by atoms with Crippen molar-refractivity contribution in [1.29, 1.82) is 0 Å². The fraction of sp³-hybridized carbons (Fsp3) is 0.250. The van der Waals surface area contributed by atoms with E-state index in [0.717, 1.165) is 15.4 Å². The van der Waals surface area contributed by atoms with Crippen molar-refractivity contribution >= 4 is 23.4 Å². The van der Waals surface area contributed by atoms with Gasteiger partial charge >= 0.3 is 0 Å². The van der Waals surface area contributed by atoms with E-state index in [1.807, 2.05) is 6.07 Å². The van der Waals surface area contributed by atoms with Crippen LogP contribution in [0.15, 0.2) is 47.6 Å². The molecule has 1 aliphatic heterocycles. The van der Waals surface area contributed by atoms with Gasteiger partial charge in [0.05, 0.1) is 16.8 Å². The van der Waals surface area contributed by atoms with Gasteiger partial charge in [0.15, 0.2) is 0 Å². The summed E-state index contributed by atoms with van der Waals surface area (Å²) in [6.07, 6.45) is 3.71. The van der Waals surface area contributed by atoms with E-state index in [-0.39, 0.29) is 11.3 Å². The number of nitrogens with zero attached hydrogens (tertiary/aromatic N) is 2. The van der Waals surface area contributed by atoms with Gasteiger partial charge in [0.25, 0.3) is 17.0 Å². The molecule has 0 saturated carbocycles. The molecule has 2 heterocycles. The molecule has 0 fully saturated rings. The van der Waals surface area contributed by atoms with E-state index in [9.17, 15) is 9.70 Å². The second kappa shape index (κ2) is 6.78. The number of amides is 1. The number of nitrogens with one attached hydrogen (secondary N) is 1. The van der Waals surface area contributed by atoms with Crippen LogP contribution in [0.4, 0.5) is 5.69 Å². The van der Waals surface area contributed by atoms with Gasteiger partial charge in [0.2, 0.25) is 0 Å². The summed E-state index contributed by atoms with van der Waals surface area (Å²) in [6, 6.07) is 8.71. The largest absolute Gasteiger partial charge is 0.497 e. The lowest BCUT2D eigenvalue weighted by molar-refractivity contribution is -0.476. The summed E-state index contributed by atoms with van der Waals surface area (Å²) in [5.41, 5.74) is 1.22. The molecule has 1 aromatic carbocycles. The van der Waals surface area contributed by atoms with Gasteiger partial charge in [-0.25, -0.2) is 0 Å². The Kier molecular flexibility index (Phi) is 4.57. The quantitative estimate of drug-likeness (QED) is 0.854. The van der Waals surface area contributed by atoms with Crippen LogP contribution in [0.2, 0.25) is 0 Å². The highest BCUT2D eigenvalue weighted by atomic mass is 32.2. The van der Waals surface area contributed by atoms with Gasteiger partial charge in [0.1, 0.15) is 5.75 Å². The van der Waals surface area contributed by atoms with Crippen molar-refractivity contribution in [2.75, 3.05) is 13.7 Å². The van der Waals surface area contributed by atoms with Crippen molar-refractivity contribution in [3.63, 3.8) is 0 Å². The SMILES string of the molecule is COc1ccc2c(c1)SC(CCNC(=O)c1ccncc1)[N+]2=O. The number of carbonyl (C=O) groups excluding carboxylic acids is 1. The molecule has 1 aliphatic rings. The minimum absolute atomic E-state index is 0.160. The molecule has 1 N–H and O–H groups in total. The van der Waals surface area contributed by atoms with Crippen LogP contribution in [-0.2, 0) is 0 Å². The zero-order valence-corrected chi connectivity index (χ0v) is 13.4. The molecule has 0 radical (unpaired) electrons. The van der Waals surface area contributed by atoms with Crippen LogP contribution in [0.1, 0.15) is 16.8 Å². The predicted molar refractivity (Wildman–Crippen MR) is 87.1 cm³/mol. The average molecular weight is 330 g/mol. The molecule has 118 valence electrons. The molecule has 0 bridgehead atoms. The molecule has 23 heavy (non-hydrogen) atoms. The topological polar surface area (TPSA) is 71.3 Å². The van der Waals surface area contributed by atoms with Crippen molar-refractivity contribution in [2.24, 2.45) is 0 Å². The normalized spacial score (nSPS) is 16.0. The Hall–Kier alpha value is -2.41. The van der Waals surface area contributed by atoms with Crippen LogP contribution in [0, 0.1) is 4.91 Å². The molecule has 3 rings (SSSR count). The van der Waals surface area contributed by atoms with Crippen molar-refractivity contribution in [1.82, 2.24) is 10.3 Å². The van der Waals surface area contributed by atoms with Crippen LogP contribution >= 0.6 is 11.8 Å². The molecule has 0 saturated heterocycles. The Morgan fingerprint density at radius 2 is 2.13 bits per heavy atom. The van der Waals surface area contributed by atoms with Crippen molar-refractivity contribution in [3.8, 4) is 5.75 Å². The van der Waals surface area contributed by atoms with E-state index in [2.05, 4.69) is 10.3 Å². The molecule has 6 nitrogen and oxygen atoms in total. The molecular weight excluding hydrogens is 314 g/mol. The van der Waals surface area contributed by atoms with Crippen LogP contribution in [0.3, 0.4) is 0 Å². The second-order valence-corrected chi connectivity index (χ2v) is 6.23. The smallest absolute Gasteiger partial charge is 0.271 e. The third-order valence-corrected chi connectivity index (χ3v) is 4.83. The molecule has 2 aromatic rings. The summed E-state index contributed by atoms with van der Waals surface area (Å²) in [4.78, 5) is 29.0. The summed E-state index contributed by atoms with van der Waals surface area (Å²) in [7, 11) is 1.60. The van der Waals surface area contributed by atoms with E-state index < -0.39 is 0 Å².